The minimum Gasteiger partial charge on any atom is -0.394 e. The van der Waals surface area contributed by atoms with E-state index in [4.69, 9.17) is 14.8 Å². The van der Waals surface area contributed by atoms with Crippen molar-refractivity contribution in [2.45, 2.75) is 6.10 Å². The third kappa shape index (κ3) is 5.92. The Labute approximate surface area is 58.4 Å². The molecule has 1 unspecified atom stereocenters. The summed E-state index contributed by atoms with van der Waals surface area (Å²) in [5.41, 5.74) is 0. The predicted octanol–water partition coefficient (Wildman–Crippen LogP) is -2.27. The molecular formula is C3H9NO5S. The molecule has 0 saturated heterocycles. The molecule has 0 amide bonds. The van der Waals surface area contributed by atoms with E-state index in [9.17, 15) is 8.42 Å². The fraction of sp³-hybridized carbons (Fsp3) is 1.00. The van der Waals surface area contributed by atoms with Gasteiger partial charge in [0.25, 0.3) is 0 Å². The van der Waals surface area contributed by atoms with Gasteiger partial charge in [-0.25, -0.2) is 0 Å². The maximum Gasteiger partial charge on any atom is 0.333 e. The fourth-order valence-corrected chi connectivity index (χ4v) is 0.669. The van der Waals surface area contributed by atoms with Gasteiger partial charge >= 0.3 is 10.3 Å². The van der Waals surface area contributed by atoms with Gasteiger partial charge in [0, 0.05) is 6.54 Å². The molecule has 0 saturated carbocycles. The van der Waals surface area contributed by atoms with Gasteiger partial charge in [-0.3, -0.25) is 4.55 Å². The van der Waals surface area contributed by atoms with Gasteiger partial charge in [-0.2, -0.15) is 13.1 Å². The Kier molecular flexibility index (Phi) is 3.76. The molecule has 0 bridgehead atoms. The first kappa shape index (κ1) is 9.79. The maximum atomic E-state index is 9.90. The smallest absolute Gasteiger partial charge is 0.333 e. The number of hydrogen-bond donors (Lipinski definition) is 4. The van der Waals surface area contributed by atoms with Crippen LogP contribution in [0.5, 0.6) is 0 Å². The third-order valence-electron chi connectivity index (χ3n) is 0.712. The molecule has 0 aromatic rings. The highest BCUT2D eigenvalue weighted by molar-refractivity contribution is 7.83. The van der Waals surface area contributed by atoms with Crippen molar-refractivity contribution in [2.75, 3.05) is 13.2 Å². The first-order valence-electron chi connectivity index (χ1n) is 2.46. The van der Waals surface area contributed by atoms with Gasteiger partial charge in [0.1, 0.15) is 0 Å². The summed E-state index contributed by atoms with van der Waals surface area (Å²) in [6, 6.07) is 0. The van der Waals surface area contributed by atoms with Gasteiger partial charge in [-0.15, -0.1) is 0 Å². The highest BCUT2D eigenvalue weighted by atomic mass is 32.2. The van der Waals surface area contributed by atoms with E-state index in [1.54, 1.807) is 4.72 Å². The summed E-state index contributed by atoms with van der Waals surface area (Å²) in [5.74, 6) is 0. The van der Waals surface area contributed by atoms with Gasteiger partial charge in [0.05, 0.1) is 12.7 Å². The number of nitrogens with one attached hydrogen (secondary N) is 1. The quantitative estimate of drug-likeness (QED) is 0.357. The van der Waals surface area contributed by atoms with Crippen LogP contribution in [-0.4, -0.2) is 42.4 Å². The minimum atomic E-state index is -4.25. The van der Waals surface area contributed by atoms with E-state index in [1.165, 1.54) is 0 Å². The molecule has 0 aliphatic heterocycles. The van der Waals surface area contributed by atoms with Crippen molar-refractivity contribution in [3.63, 3.8) is 0 Å². The molecule has 0 spiro atoms. The van der Waals surface area contributed by atoms with E-state index in [0.717, 1.165) is 0 Å². The Morgan fingerprint density at radius 3 is 2.30 bits per heavy atom. The Morgan fingerprint density at radius 2 is 2.00 bits per heavy atom. The van der Waals surface area contributed by atoms with Gasteiger partial charge < -0.3 is 10.2 Å². The molecule has 62 valence electrons. The van der Waals surface area contributed by atoms with Crippen LogP contribution in [-0.2, 0) is 10.3 Å². The third-order valence-corrected chi connectivity index (χ3v) is 1.24. The van der Waals surface area contributed by atoms with Crippen LogP contribution in [0.1, 0.15) is 0 Å². The lowest BCUT2D eigenvalue weighted by atomic mass is 10.4. The molecule has 0 aliphatic carbocycles. The average molecular weight is 171 g/mol. The van der Waals surface area contributed by atoms with Gasteiger partial charge in [-0.05, 0) is 0 Å². The standard InChI is InChI=1S/C3H9NO5S/c5-2-3(6)1-4-10(7,8)9/h3-6H,1-2H2,(H,7,8,9). The van der Waals surface area contributed by atoms with Crippen molar-refractivity contribution in [2.24, 2.45) is 0 Å². The average Bonchev–Trinajstić information content (AvgIpc) is 1.81. The van der Waals surface area contributed by atoms with Crippen LogP contribution < -0.4 is 4.72 Å². The second-order valence-electron chi connectivity index (χ2n) is 1.66. The lowest BCUT2D eigenvalue weighted by Gasteiger charge is -2.04. The summed E-state index contributed by atoms with van der Waals surface area (Å²) in [6.07, 6.45) is -1.18. The topological polar surface area (TPSA) is 107 Å². The Balaban J connectivity index is 3.56. The van der Waals surface area contributed by atoms with Crippen molar-refractivity contribution in [3.05, 3.63) is 0 Å². The monoisotopic (exact) mass is 171 g/mol. The SMILES string of the molecule is O=S(=O)(O)NCC(O)CO. The molecule has 0 fully saturated rings. The highest BCUT2D eigenvalue weighted by Crippen LogP contribution is 1.78. The molecule has 0 radical (unpaired) electrons. The van der Waals surface area contributed by atoms with Crippen molar-refractivity contribution in [3.8, 4) is 0 Å². The Bertz CT molecular complexity index is 175. The highest BCUT2D eigenvalue weighted by Gasteiger charge is 2.06. The van der Waals surface area contributed by atoms with E-state index < -0.39 is 29.6 Å². The molecule has 10 heavy (non-hydrogen) atoms. The van der Waals surface area contributed by atoms with Crippen LogP contribution in [0.3, 0.4) is 0 Å². The molecule has 0 aromatic carbocycles. The number of hydrogen-bond acceptors (Lipinski definition) is 4. The first-order valence-corrected chi connectivity index (χ1v) is 3.90. The van der Waals surface area contributed by atoms with E-state index in [1.807, 2.05) is 0 Å². The molecule has 7 heteroatoms. The van der Waals surface area contributed by atoms with Crippen LogP contribution in [0, 0.1) is 0 Å². The van der Waals surface area contributed by atoms with Gasteiger partial charge in [0.15, 0.2) is 0 Å². The van der Waals surface area contributed by atoms with E-state index >= 15 is 0 Å². The molecule has 0 aromatic heterocycles. The molecule has 0 rings (SSSR count). The maximum absolute atomic E-state index is 9.90. The molecule has 4 N–H and O–H groups in total. The number of rotatable bonds is 4. The summed E-state index contributed by atoms with van der Waals surface area (Å²) in [7, 11) is -4.25. The summed E-state index contributed by atoms with van der Waals surface area (Å²) < 4.78 is 29.4. The molecule has 0 aliphatic rings. The van der Waals surface area contributed by atoms with E-state index in [0.29, 0.717) is 0 Å². The largest absolute Gasteiger partial charge is 0.394 e. The molecule has 6 nitrogen and oxygen atoms in total. The predicted molar refractivity (Wildman–Crippen MR) is 32.6 cm³/mol. The number of aliphatic hydroxyl groups excluding tert-OH is 2. The second-order valence-corrected chi connectivity index (χ2v) is 2.90. The summed E-state index contributed by atoms with van der Waals surface area (Å²) >= 11 is 0. The van der Waals surface area contributed by atoms with Crippen LogP contribution >= 0.6 is 0 Å². The zero-order chi connectivity index (χ0) is 8.20. The summed E-state index contributed by atoms with van der Waals surface area (Å²) in [5, 5.41) is 16.7. The molecule has 1 atom stereocenters. The lowest BCUT2D eigenvalue weighted by Crippen LogP contribution is -2.33. The fourth-order valence-electron chi connectivity index (χ4n) is 0.266. The zero-order valence-electron chi connectivity index (χ0n) is 5.06. The normalized spacial score (nSPS) is 15.1. The van der Waals surface area contributed by atoms with Crippen LogP contribution in [0.15, 0.2) is 0 Å². The zero-order valence-corrected chi connectivity index (χ0v) is 5.87. The van der Waals surface area contributed by atoms with Crippen molar-refractivity contribution >= 4 is 10.3 Å². The second kappa shape index (κ2) is 3.84. The van der Waals surface area contributed by atoms with Gasteiger partial charge in [0.2, 0.25) is 0 Å². The molecular weight excluding hydrogens is 162 g/mol. The van der Waals surface area contributed by atoms with Crippen molar-refractivity contribution < 1.29 is 23.2 Å². The van der Waals surface area contributed by atoms with E-state index in [2.05, 4.69) is 0 Å². The first-order chi connectivity index (χ1) is 4.45. The van der Waals surface area contributed by atoms with Crippen LogP contribution in [0.25, 0.3) is 0 Å². The van der Waals surface area contributed by atoms with Crippen LogP contribution in [0.2, 0.25) is 0 Å². The number of aliphatic hydroxyl groups is 2. The Morgan fingerprint density at radius 1 is 1.50 bits per heavy atom. The van der Waals surface area contributed by atoms with Gasteiger partial charge in [-0.1, -0.05) is 0 Å². The van der Waals surface area contributed by atoms with E-state index in [-0.39, 0.29) is 0 Å². The molecule has 0 heterocycles. The van der Waals surface area contributed by atoms with Crippen molar-refractivity contribution in [1.82, 2.24) is 4.72 Å². The summed E-state index contributed by atoms with van der Waals surface area (Å²) in [4.78, 5) is 0. The lowest BCUT2D eigenvalue weighted by molar-refractivity contribution is 0.0983. The van der Waals surface area contributed by atoms with Crippen LogP contribution in [0.4, 0.5) is 0 Å². The Hall–Kier alpha value is -0.210. The van der Waals surface area contributed by atoms with Crippen molar-refractivity contribution in [1.29, 1.82) is 0 Å². The summed E-state index contributed by atoms with van der Waals surface area (Å²) in [6.45, 7) is -0.947. The minimum absolute atomic E-state index is 0.394.